The summed E-state index contributed by atoms with van der Waals surface area (Å²) in [6.07, 6.45) is 0.141. The molecule has 9 heteroatoms. The van der Waals surface area contributed by atoms with Crippen molar-refractivity contribution in [3.05, 3.63) is 29.7 Å². The van der Waals surface area contributed by atoms with Crippen molar-refractivity contribution < 1.29 is 24.1 Å². The van der Waals surface area contributed by atoms with E-state index in [4.69, 9.17) is 9.84 Å². The summed E-state index contributed by atoms with van der Waals surface area (Å²) < 4.78 is 19.4. The molecule has 0 radical (unpaired) electrons. The third-order valence-corrected chi connectivity index (χ3v) is 4.60. The van der Waals surface area contributed by atoms with Gasteiger partial charge in [0.15, 0.2) is 0 Å². The van der Waals surface area contributed by atoms with Gasteiger partial charge in [-0.25, -0.2) is 14.2 Å². The minimum atomic E-state index is -1.15. The molecule has 3 rings (SSSR count). The molecule has 1 fully saturated rings. The second-order valence-corrected chi connectivity index (χ2v) is 6.27. The Morgan fingerprint density at radius 2 is 2.31 bits per heavy atom. The zero-order valence-corrected chi connectivity index (χ0v) is 14.4. The highest BCUT2D eigenvalue weighted by molar-refractivity contribution is 5.78. The first-order valence-corrected chi connectivity index (χ1v) is 8.36. The molecule has 2 aromatic rings. The van der Waals surface area contributed by atoms with Crippen LogP contribution in [0.4, 0.5) is 9.18 Å². The molecule has 2 atom stereocenters. The van der Waals surface area contributed by atoms with E-state index in [1.165, 1.54) is 13.3 Å². The van der Waals surface area contributed by atoms with Crippen LogP contribution in [0.1, 0.15) is 12.0 Å². The molecule has 0 bridgehead atoms. The van der Waals surface area contributed by atoms with E-state index < -0.39 is 24.1 Å². The molecule has 8 nitrogen and oxygen atoms in total. The highest BCUT2D eigenvalue weighted by Crippen LogP contribution is 2.22. The van der Waals surface area contributed by atoms with Gasteiger partial charge in [0.05, 0.1) is 36.5 Å². The van der Waals surface area contributed by atoms with Crippen molar-refractivity contribution in [2.45, 2.75) is 25.0 Å². The molecular formula is C17H21FN4O4. The van der Waals surface area contributed by atoms with E-state index in [0.29, 0.717) is 55.0 Å². The number of carbonyl (C=O) groups is 1. The SMILES string of the molecule is COc1ccc2ncc(F)c(CCN3CC[C@@H](NC(=O)O)[C@H](O)C3)c2n1. The Morgan fingerprint density at radius 1 is 1.50 bits per heavy atom. The Morgan fingerprint density at radius 3 is 3.00 bits per heavy atom. The van der Waals surface area contributed by atoms with Crippen molar-refractivity contribution in [3.8, 4) is 5.88 Å². The number of aromatic nitrogens is 2. The minimum Gasteiger partial charge on any atom is -0.481 e. The van der Waals surface area contributed by atoms with E-state index in [9.17, 15) is 14.3 Å². The smallest absolute Gasteiger partial charge is 0.404 e. The normalized spacial score (nSPS) is 20.9. The van der Waals surface area contributed by atoms with E-state index in [1.54, 1.807) is 12.1 Å². The predicted molar refractivity (Wildman–Crippen MR) is 91.8 cm³/mol. The number of nitrogens with one attached hydrogen (secondary N) is 1. The highest BCUT2D eigenvalue weighted by Gasteiger charge is 2.28. The molecule has 140 valence electrons. The minimum absolute atomic E-state index is 0.326. The summed E-state index contributed by atoms with van der Waals surface area (Å²) in [7, 11) is 1.50. The number of hydrogen-bond donors (Lipinski definition) is 3. The fourth-order valence-corrected chi connectivity index (χ4v) is 3.23. The van der Waals surface area contributed by atoms with Crippen LogP contribution in [0.2, 0.25) is 0 Å². The maximum absolute atomic E-state index is 14.3. The number of methoxy groups -OCH3 is 1. The first-order chi connectivity index (χ1) is 12.5. The molecule has 1 amide bonds. The molecule has 1 aliphatic rings. The zero-order chi connectivity index (χ0) is 18.7. The molecule has 0 aromatic carbocycles. The number of carboxylic acid groups (broad SMARTS) is 1. The van der Waals surface area contributed by atoms with Crippen LogP contribution in [0.5, 0.6) is 5.88 Å². The third-order valence-electron chi connectivity index (χ3n) is 4.60. The summed E-state index contributed by atoms with van der Waals surface area (Å²) in [5.74, 6) is -0.0386. The lowest BCUT2D eigenvalue weighted by Gasteiger charge is -2.35. The fraction of sp³-hybridized carbons (Fsp3) is 0.471. The number of pyridine rings is 2. The van der Waals surface area contributed by atoms with Crippen LogP contribution in [-0.2, 0) is 6.42 Å². The van der Waals surface area contributed by atoms with Crippen LogP contribution >= 0.6 is 0 Å². The van der Waals surface area contributed by atoms with Gasteiger partial charge in [0.2, 0.25) is 5.88 Å². The Hall–Kier alpha value is -2.52. The fourth-order valence-electron chi connectivity index (χ4n) is 3.23. The highest BCUT2D eigenvalue weighted by atomic mass is 19.1. The van der Waals surface area contributed by atoms with E-state index in [0.717, 1.165) is 0 Å². The molecule has 3 N–H and O–H groups in total. The summed E-state index contributed by atoms with van der Waals surface area (Å²) in [4.78, 5) is 21.1. The molecule has 0 saturated carbocycles. The summed E-state index contributed by atoms with van der Waals surface area (Å²) in [5, 5.41) is 21.2. The van der Waals surface area contributed by atoms with Crippen LogP contribution in [0.15, 0.2) is 18.3 Å². The second kappa shape index (κ2) is 7.79. The monoisotopic (exact) mass is 364 g/mol. The summed E-state index contributed by atoms with van der Waals surface area (Å²) >= 11 is 0. The van der Waals surface area contributed by atoms with Gasteiger partial charge in [0.1, 0.15) is 5.82 Å². The van der Waals surface area contributed by atoms with Gasteiger partial charge in [-0.2, -0.15) is 0 Å². The maximum atomic E-state index is 14.3. The van der Waals surface area contributed by atoms with Crippen LogP contribution < -0.4 is 10.1 Å². The van der Waals surface area contributed by atoms with Gasteiger partial charge in [-0.1, -0.05) is 0 Å². The number of fused-ring (bicyclic) bond motifs is 1. The first-order valence-electron chi connectivity index (χ1n) is 8.36. The predicted octanol–water partition coefficient (Wildman–Crippen LogP) is 1.02. The topological polar surface area (TPSA) is 108 Å². The first kappa shape index (κ1) is 18.3. The van der Waals surface area contributed by atoms with Gasteiger partial charge in [0, 0.05) is 31.3 Å². The van der Waals surface area contributed by atoms with E-state index in [2.05, 4.69) is 15.3 Å². The maximum Gasteiger partial charge on any atom is 0.404 e. The number of β-amino-alcohol motifs (C(OH)–C–C–N with tert-alkyl or cyclic N) is 1. The van der Waals surface area contributed by atoms with Crippen LogP contribution in [0, 0.1) is 5.82 Å². The molecule has 2 aromatic heterocycles. The zero-order valence-electron chi connectivity index (χ0n) is 14.4. The molecule has 26 heavy (non-hydrogen) atoms. The van der Waals surface area contributed by atoms with Crippen LogP contribution in [0.3, 0.4) is 0 Å². The number of piperidine rings is 1. The van der Waals surface area contributed by atoms with Gasteiger partial charge in [0.25, 0.3) is 0 Å². The van der Waals surface area contributed by atoms with Gasteiger partial charge in [-0.3, -0.25) is 4.98 Å². The molecule has 1 saturated heterocycles. The number of amides is 1. The van der Waals surface area contributed by atoms with Crippen molar-refractivity contribution in [3.63, 3.8) is 0 Å². The Balaban J connectivity index is 1.70. The molecule has 0 spiro atoms. The average molecular weight is 364 g/mol. The van der Waals surface area contributed by atoms with Gasteiger partial charge < -0.3 is 25.2 Å². The molecule has 1 aliphatic heterocycles. The molecule has 3 heterocycles. The van der Waals surface area contributed by atoms with Crippen molar-refractivity contribution in [1.82, 2.24) is 20.2 Å². The lowest BCUT2D eigenvalue weighted by Crippen LogP contribution is -2.54. The quantitative estimate of drug-likeness (QED) is 0.727. The number of nitrogens with zero attached hydrogens (tertiary/aromatic N) is 3. The van der Waals surface area contributed by atoms with Crippen LogP contribution in [0.25, 0.3) is 11.0 Å². The van der Waals surface area contributed by atoms with Gasteiger partial charge in [-0.05, 0) is 18.9 Å². The van der Waals surface area contributed by atoms with Crippen molar-refractivity contribution >= 4 is 17.1 Å². The molecular weight excluding hydrogens is 343 g/mol. The summed E-state index contributed by atoms with van der Waals surface area (Å²) in [6, 6.07) is 2.93. The lowest BCUT2D eigenvalue weighted by molar-refractivity contribution is 0.0412. The number of aliphatic hydroxyl groups excluding tert-OH is 1. The molecule has 0 unspecified atom stereocenters. The Labute approximate surface area is 149 Å². The van der Waals surface area contributed by atoms with Gasteiger partial charge >= 0.3 is 6.09 Å². The average Bonchev–Trinajstić information content (AvgIpc) is 2.62. The number of hydrogen-bond acceptors (Lipinski definition) is 6. The summed E-state index contributed by atoms with van der Waals surface area (Å²) in [6.45, 7) is 1.46. The van der Waals surface area contributed by atoms with Crippen molar-refractivity contribution in [1.29, 1.82) is 0 Å². The second-order valence-electron chi connectivity index (χ2n) is 6.27. The number of ether oxygens (including phenoxy) is 1. The standard InChI is InChI=1S/C17H21FN4O4/c1-26-15-3-2-13-16(21-15)10(11(18)8-19-13)4-6-22-7-5-12(14(23)9-22)20-17(24)25/h2-3,8,12,14,20,23H,4-7,9H2,1H3,(H,24,25)/t12-,14-/m1/s1. The van der Waals surface area contributed by atoms with Crippen molar-refractivity contribution in [2.75, 3.05) is 26.7 Å². The molecule has 0 aliphatic carbocycles. The Kier molecular flexibility index (Phi) is 5.48. The van der Waals surface area contributed by atoms with Gasteiger partial charge in [-0.15, -0.1) is 0 Å². The van der Waals surface area contributed by atoms with E-state index in [-0.39, 0.29) is 0 Å². The van der Waals surface area contributed by atoms with E-state index >= 15 is 0 Å². The number of likely N-dealkylation sites (tertiary alicyclic amines) is 1. The van der Waals surface area contributed by atoms with Crippen molar-refractivity contribution in [2.24, 2.45) is 0 Å². The number of rotatable bonds is 5. The number of halogens is 1. The lowest BCUT2D eigenvalue weighted by atomic mass is 10.0. The number of aliphatic hydroxyl groups is 1. The Bertz CT molecular complexity index is 804. The van der Waals surface area contributed by atoms with Crippen LogP contribution in [-0.4, -0.2) is 70.1 Å². The third kappa shape index (κ3) is 4.00. The summed E-state index contributed by atoms with van der Waals surface area (Å²) in [5.41, 5.74) is 1.51. The van der Waals surface area contributed by atoms with E-state index in [1.807, 2.05) is 4.90 Å². The largest absolute Gasteiger partial charge is 0.481 e.